The molecule has 0 bridgehead atoms. The van der Waals surface area contributed by atoms with Gasteiger partial charge in [0, 0.05) is 6.54 Å². The first-order valence-electron chi connectivity index (χ1n) is 6.79. The first-order valence-corrected chi connectivity index (χ1v) is 9.47. The monoisotopic (exact) mass is 351 g/mol. The average Bonchev–Trinajstić information content (AvgIpc) is 2.77. The highest BCUT2D eigenvalue weighted by Crippen LogP contribution is 2.32. The molecule has 0 radical (unpaired) electrons. The van der Waals surface area contributed by atoms with E-state index in [0.29, 0.717) is 10.8 Å². The Hall–Kier alpha value is -0.630. The number of halogens is 1. The Morgan fingerprint density at radius 1 is 1.48 bits per heavy atom. The molecular formula is C13H18ClNO4S2. The number of carboxylic acid groups (broad SMARTS) is 1. The molecule has 2 atom stereocenters. The molecule has 8 heteroatoms. The zero-order valence-corrected chi connectivity index (χ0v) is 14.0. The van der Waals surface area contributed by atoms with Gasteiger partial charge < -0.3 is 5.11 Å². The van der Waals surface area contributed by atoms with E-state index in [1.807, 2.05) is 0 Å². The lowest BCUT2D eigenvalue weighted by molar-refractivity contribution is -0.144. The van der Waals surface area contributed by atoms with Crippen molar-refractivity contribution >= 4 is 38.9 Å². The lowest BCUT2D eigenvalue weighted by Crippen LogP contribution is -2.37. The number of nitrogens with one attached hydrogen (secondary N) is 1. The van der Waals surface area contributed by atoms with Gasteiger partial charge in [-0.2, -0.15) is 0 Å². The lowest BCUT2D eigenvalue weighted by Gasteiger charge is -2.28. The second-order valence-electron chi connectivity index (χ2n) is 5.36. The van der Waals surface area contributed by atoms with Crippen LogP contribution in [0.1, 0.15) is 31.2 Å². The zero-order valence-electron chi connectivity index (χ0n) is 11.6. The maximum absolute atomic E-state index is 12.2. The molecule has 1 heterocycles. The number of aryl methyl sites for hydroxylation is 1. The summed E-state index contributed by atoms with van der Waals surface area (Å²) in [4.78, 5) is 11.2. The van der Waals surface area contributed by atoms with Crippen molar-refractivity contribution in [2.75, 3.05) is 6.54 Å². The Bertz CT molecular complexity index is 607. The highest BCUT2D eigenvalue weighted by molar-refractivity contribution is 7.91. The molecule has 0 saturated heterocycles. The molecule has 2 unspecified atom stereocenters. The van der Waals surface area contributed by atoms with Gasteiger partial charge in [0.05, 0.1) is 10.3 Å². The van der Waals surface area contributed by atoms with Crippen molar-refractivity contribution in [1.82, 2.24) is 4.72 Å². The quantitative estimate of drug-likeness (QED) is 0.854. The number of thiophene rings is 1. The topological polar surface area (TPSA) is 83.5 Å². The molecule has 21 heavy (non-hydrogen) atoms. The van der Waals surface area contributed by atoms with Crippen LogP contribution in [-0.4, -0.2) is 26.0 Å². The van der Waals surface area contributed by atoms with Crippen molar-refractivity contribution in [1.29, 1.82) is 0 Å². The number of carboxylic acids is 1. The van der Waals surface area contributed by atoms with Crippen molar-refractivity contribution in [3.8, 4) is 0 Å². The normalized spacial score (nSPS) is 23.1. The van der Waals surface area contributed by atoms with E-state index in [9.17, 15) is 18.3 Å². The minimum absolute atomic E-state index is 0.150. The summed E-state index contributed by atoms with van der Waals surface area (Å²) in [6.45, 7) is 1.91. The van der Waals surface area contributed by atoms with Gasteiger partial charge in [0.25, 0.3) is 0 Å². The second-order valence-corrected chi connectivity index (χ2v) is 9.01. The number of sulfonamides is 1. The van der Waals surface area contributed by atoms with Gasteiger partial charge >= 0.3 is 5.97 Å². The van der Waals surface area contributed by atoms with Crippen LogP contribution in [0, 0.1) is 18.8 Å². The second kappa shape index (κ2) is 6.64. The molecule has 1 aromatic heterocycles. The van der Waals surface area contributed by atoms with Crippen molar-refractivity contribution in [3.05, 3.63) is 16.0 Å². The minimum atomic E-state index is -3.62. The highest BCUT2D eigenvalue weighted by Gasteiger charge is 2.32. The van der Waals surface area contributed by atoms with E-state index in [2.05, 4.69) is 4.72 Å². The molecular weight excluding hydrogens is 334 g/mol. The van der Waals surface area contributed by atoms with Crippen LogP contribution in [0.4, 0.5) is 0 Å². The Morgan fingerprint density at radius 2 is 2.14 bits per heavy atom. The number of hydrogen-bond donors (Lipinski definition) is 2. The Labute approximate surface area is 133 Å². The van der Waals surface area contributed by atoms with Gasteiger partial charge in [0.2, 0.25) is 10.0 Å². The van der Waals surface area contributed by atoms with Crippen LogP contribution in [-0.2, 0) is 14.8 Å². The Balaban J connectivity index is 2.05. The molecule has 118 valence electrons. The van der Waals surface area contributed by atoms with Crippen LogP contribution in [0.5, 0.6) is 0 Å². The van der Waals surface area contributed by atoms with Crippen LogP contribution < -0.4 is 4.72 Å². The molecule has 5 nitrogen and oxygen atoms in total. The summed E-state index contributed by atoms with van der Waals surface area (Å²) in [5, 5.41) is 9.20. The van der Waals surface area contributed by atoms with Gasteiger partial charge in [-0.05, 0) is 37.3 Å². The maximum atomic E-state index is 12.2. The molecule has 1 aromatic rings. The molecule has 0 spiro atoms. The predicted octanol–water partition coefficient (Wildman–Crippen LogP) is 2.88. The van der Waals surface area contributed by atoms with Crippen LogP contribution >= 0.6 is 22.9 Å². The van der Waals surface area contributed by atoms with Crippen LogP contribution in [0.15, 0.2) is 10.3 Å². The largest absolute Gasteiger partial charge is 0.481 e. The van der Waals surface area contributed by atoms with E-state index in [-0.39, 0.29) is 16.7 Å². The molecule has 0 amide bonds. The number of carbonyl (C=O) groups is 1. The first kappa shape index (κ1) is 16.7. The van der Waals surface area contributed by atoms with E-state index in [4.69, 9.17) is 11.6 Å². The van der Waals surface area contributed by atoms with Gasteiger partial charge in [-0.25, -0.2) is 13.1 Å². The highest BCUT2D eigenvalue weighted by atomic mass is 35.5. The predicted molar refractivity (Wildman–Crippen MR) is 82.3 cm³/mol. The summed E-state index contributed by atoms with van der Waals surface area (Å²) in [6, 6.07) is 1.53. The van der Waals surface area contributed by atoms with E-state index in [1.165, 1.54) is 6.07 Å². The van der Waals surface area contributed by atoms with E-state index >= 15 is 0 Å². The minimum Gasteiger partial charge on any atom is -0.481 e. The van der Waals surface area contributed by atoms with Crippen LogP contribution in [0.25, 0.3) is 0 Å². The molecule has 1 aliphatic carbocycles. The van der Waals surface area contributed by atoms with Gasteiger partial charge in [0.1, 0.15) is 4.21 Å². The number of rotatable bonds is 5. The van der Waals surface area contributed by atoms with Crippen LogP contribution in [0.3, 0.4) is 0 Å². The lowest BCUT2D eigenvalue weighted by atomic mass is 9.79. The van der Waals surface area contributed by atoms with Gasteiger partial charge in [-0.3, -0.25) is 4.79 Å². The SMILES string of the molecule is Cc1cc(S(=O)(=O)NCC2CCCCC2C(=O)O)sc1Cl. The molecule has 1 saturated carbocycles. The standard InChI is InChI=1S/C13H18ClNO4S2/c1-8-6-11(20-12(8)14)21(18,19)15-7-9-4-2-3-5-10(9)13(16)17/h6,9-10,15H,2-5,7H2,1H3,(H,16,17). The number of aliphatic carboxylic acids is 1. The summed E-state index contributed by atoms with van der Waals surface area (Å²) in [5.74, 6) is -1.45. The van der Waals surface area contributed by atoms with Gasteiger partial charge in [-0.1, -0.05) is 24.4 Å². The van der Waals surface area contributed by atoms with E-state index in [0.717, 1.165) is 36.2 Å². The molecule has 1 aliphatic rings. The molecule has 0 aromatic carbocycles. The van der Waals surface area contributed by atoms with Crippen molar-refractivity contribution in [2.45, 2.75) is 36.8 Å². The summed E-state index contributed by atoms with van der Waals surface area (Å²) in [7, 11) is -3.62. The zero-order chi connectivity index (χ0) is 15.6. The fraction of sp³-hybridized carbons (Fsp3) is 0.615. The van der Waals surface area contributed by atoms with Crippen molar-refractivity contribution in [2.24, 2.45) is 11.8 Å². The number of hydrogen-bond acceptors (Lipinski definition) is 4. The van der Waals surface area contributed by atoms with Crippen LogP contribution in [0.2, 0.25) is 4.34 Å². The molecule has 2 rings (SSSR count). The molecule has 1 fully saturated rings. The molecule has 0 aliphatic heterocycles. The first-order chi connectivity index (χ1) is 9.81. The van der Waals surface area contributed by atoms with E-state index < -0.39 is 21.9 Å². The summed E-state index contributed by atoms with van der Waals surface area (Å²) in [5.41, 5.74) is 0.725. The Kier molecular flexibility index (Phi) is 5.29. The summed E-state index contributed by atoms with van der Waals surface area (Å²) < 4.78 is 27.6. The van der Waals surface area contributed by atoms with Crippen molar-refractivity contribution < 1.29 is 18.3 Å². The summed E-state index contributed by atoms with van der Waals surface area (Å²) in [6.07, 6.45) is 3.19. The third-order valence-electron chi connectivity index (χ3n) is 3.86. The third-order valence-corrected chi connectivity index (χ3v) is 7.31. The smallest absolute Gasteiger partial charge is 0.306 e. The third kappa shape index (κ3) is 3.97. The molecule has 2 N–H and O–H groups in total. The maximum Gasteiger partial charge on any atom is 0.306 e. The van der Waals surface area contributed by atoms with E-state index in [1.54, 1.807) is 6.92 Å². The van der Waals surface area contributed by atoms with Crippen molar-refractivity contribution in [3.63, 3.8) is 0 Å². The fourth-order valence-corrected chi connectivity index (χ4v) is 5.48. The Morgan fingerprint density at radius 3 is 2.71 bits per heavy atom. The average molecular weight is 352 g/mol. The van der Waals surface area contributed by atoms with Gasteiger partial charge in [-0.15, -0.1) is 11.3 Å². The van der Waals surface area contributed by atoms with Gasteiger partial charge in [0.15, 0.2) is 0 Å². The summed E-state index contributed by atoms with van der Waals surface area (Å²) >= 11 is 6.91. The fourth-order valence-electron chi connectivity index (χ4n) is 2.63.